The Bertz CT molecular complexity index is 464. The van der Waals surface area contributed by atoms with E-state index >= 15 is 0 Å². The Kier molecular flexibility index (Phi) is 3.75. The number of rotatable bonds is 3. The summed E-state index contributed by atoms with van der Waals surface area (Å²) in [5, 5.41) is 2.97. The molecule has 2 unspecified atom stereocenters. The Labute approximate surface area is 106 Å². The van der Waals surface area contributed by atoms with Crippen molar-refractivity contribution < 1.29 is 4.79 Å². The zero-order valence-corrected chi connectivity index (χ0v) is 10.6. The van der Waals surface area contributed by atoms with Crippen LogP contribution in [-0.2, 0) is 4.79 Å². The van der Waals surface area contributed by atoms with Gasteiger partial charge in [-0.25, -0.2) is 0 Å². The standard InChI is InChI=1S/C14H15NOS/c1-3-6-10(2)15-14(16)12-9-17-13-8-5-4-7-11(12)13/h1,4-5,7-8,10,12H,6,9H2,2H3,(H,15,16). The zero-order chi connectivity index (χ0) is 12.3. The number of thioether (sulfide) groups is 1. The van der Waals surface area contributed by atoms with Crippen LogP contribution >= 0.6 is 11.8 Å². The molecular formula is C14H15NOS. The van der Waals surface area contributed by atoms with Crippen LogP contribution in [0.15, 0.2) is 29.2 Å². The van der Waals surface area contributed by atoms with Crippen LogP contribution in [0.3, 0.4) is 0 Å². The van der Waals surface area contributed by atoms with E-state index in [4.69, 9.17) is 6.42 Å². The third kappa shape index (κ3) is 2.65. The first kappa shape index (κ1) is 12.1. The van der Waals surface area contributed by atoms with Crippen LogP contribution in [0.2, 0.25) is 0 Å². The average molecular weight is 245 g/mol. The van der Waals surface area contributed by atoms with E-state index in [2.05, 4.69) is 17.3 Å². The Morgan fingerprint density at radius 2 is 2.41 bits per heavy atom. The van der Waals surface area contributed by atoms with Crippen LogP contribution in [0.1, 0.15) is 24.8 Å². The van der Waals surface area contributed by atoms with E-state index in [-0.39, 0.29) is 17.9 Å². The molecule has 0 aromatic heterocycles. The molecule has 0 saturated carbocycles. The number of benzene rings is 1. The smallest absolute Gasteiger partial charge is 0.228 e. The number of amides is 1. The van der Waals surface area contributed by atoms with Crippen LogP contribution < -0.4 is 5.32 Å². The van der Waals surface area contributed by atoms with Gasteiger partial charge in [0, 0.05) is 23.1 Å². The van der Waals surface area contributed by atoms with Crippen LogP contribution in [0.5, 0.6) is 0 Å². The fraction of sp³-hybridized carbons (Fsp3) is 0.357. The predicted octanol–water partition coefficient (Wildman–Crippen LogP) is 2.40. The van der Waals surface area contributed by atoms with Crippen LogP contribution in [0.4, 0.5) is 0 Å². The first-order valence-corrected chi connectivity index (χ1v) is 6.66. The minimum atomic E-state index is -0.0311. The van der Waals surface area contributed by atoms with E-state index in [1.54, 1.807) is 11.8 Å². The Balaban J connectivity index is 2.06. The molecule has 2 rings (SSSR count). The molecule has 1 N–H and O–H groups in total. The van der Waals surface area contributed by atoms with Crippen molar-refractivity contribution in [3.05, 3.63) is 29.8 Å². The lowest BCUT2D eigenvalue weighted by Crippen LogP contribution is -2.36. The van der Waals surface area contributed by atoms with Gasteiger partial charge in [0.1, 0.15) is 0 Å². The first-order valence-electron chi connectivity index (χ1n) is 5.68. The van der Waals surface area contributed by atoms with Crippen molar-refractivity contribution in [3.63, 3.8) is 0 Å². The fourth-order valence-corrected chi connectivity index (χ4v) is 3.18. The van der Waals surface area contributed by atoms with Crippen molar-refractivity contribution in [1.29, 1.82) is 0 Å². The quantitative estimate of drug-likeness (QED) is 0.829. The highest BCUT2D eigenvalue weighted by molar-refractivity contribution is 7.99. The highest BCUT2D eigenvalue weighted by atomic mass is 32.2. The van der Waals surface area contributed by atoms with E-state index in [0.717, 1.165) is 11.3 Å². The summed E-state index contributed by atoms with van der Waals surface area (Å²) in [7, 11) is 0. The van der Waals surface area contributed by atoms with Gasteiger partial charge < -0.3 is 5.32 Å². The molecule has 2 nitrogen and oxygen atoms in total. The van der Waals surface area contributed by atoms with Crippen LogP contribution in [0, 0.1) is 12.3 Å². The average Bonchev–Trinajstić information content (AvgIpc) is 2.72. The van der Waals surface area contributed by atoms with Gasteiger partial charge >= 0.3 is 0 Å². The minimum Gasteiger partial charge on any atom is -0.352 e. The monoisotopic (exact) mass is 245 g/mol. The highest BCUT2D eigenvalue weighted by Gasteiger charge is 2.29. The Morgan fingerprint density at radius 1 is 1.65 bits per heavy atom. The summed E-state index contributed by atoms with van der Waals surface area (Å²) in [5.41, 5.74) is 1.14. The molecule has 88 valence electrons. The van der Waals surface area contributed by atoms with Crippen molar-refractivity contribution >= 4 is 17.7 Å². The molecule has 1 amide bonds. The van der Waals surface area contributed by atoms with Gasteiger partial charge in [0.15, 0.2) is 0 Å². The summed E-state index contributed by atoms with van der Waals surface area (Å²) in [6.45, 7) is 1.94. The van der Waals surface area contributed by atoms with Crippen molar-refractivity contribution in [2.45, 2.75) is 30.2 Å². The lowest BCUT2D eigenvalue weighted by molar-refractivity contribution is -0.122. The van der Waals surface area contributed by atoms with E-state index in [0.29, 0.717) is 6.42 Å². The first-order chi connectivity index (χ1) is 8.22. The number of nitrogens with one attached hydrogen (secondary N) is 1. The van der Waals surface area contributed by atoms with Gasteiger partial charge in [0.05, 0.1) is 5.92 Å². The molecular weight excluding hydrogens is 230 g/mol. The molecule has 2 atom stereocenters. The fourth-order valence-electron chi connectivity index (χ4n) is 1.95. The van der Waals surface area contributed by atoms with E-state index in [1.807, 2.05) is 25.1 Å². The van der Waals surface area contributed by atoms with Crippen molar-refractivity contribution in [2.75, 3.05) is 5.75 Å². The maximum absolute atomic E-state index is 12.1. The maximum atomic E-state index is 12.1. The molecule has 1 aromatic rings. The zero-order valence-electron chi connectivity index (χ0n) is 9.77. The largest absolute Gasteiger partial charge is 0.352 e. The molecule has 17 heavy (non-hydrogen) atoms. The second-order valence-corrected chi connectivity index (χ2v) is 5.28. The lowest BCUT2D eigenvalue weighted by atomic mass is 10.00. The maximum Gasteiger partial charge on any atom is 0.228 e. The summed E-state index contributed by atoms with van der Waals surface area (Å²) in [6.07, 6.45) is 5.81. The second kappa shape index (κ2) is 5.29. The number of carbonyl (C=O) groups is 1. The molecule has 1 aliphatic heterocycles. The van der Waals surface area contributed by atoms with Crippen molar-refractivity contribution in [2.24, 2.45) is 0 Å². The number of carbonyl (C=O) groups excluding carboxylic acids is 1. The second-order valence-electron chi connectivity index (χ2n) is 4.22. The topological polar surface area (TPSA) is 29.1 Å². The third-order valence-corrected chi connectivity index (χ3v) is 4.01. The Hall–Kier alpha value is -1.40. The molecule has 0 bridgehead atoms. The van der Waals surface area contributed by atoms with Crippen LogP contribution in [0.25, 0.3) is 0 Å². The number of hydrogen-bond acceptors (Lipinski definition) is 2. The van der Waals surface area contributed by atoms with Gasteiger partial charge in [-0.1, -0.05) is 18.2 Å². The molecule has 1 aromatic carbocycles. The van der Waals surface area contributed by atoms with Crippen molar-refractivity contribution in [3.8, 4) is 12.3 Å². The highest BCUT2D eigenvalue weighted by Crippen LogP contribution is 2.39. The van der Waals surface area contributed by atoms with Crippen molar-refractivity contribution in [1.82, 2.24) is 5.32 Å². The Morgan fingerprint density at radius 3 is 3.18 bits per heavy atom. The summed E-state index contributed by atoms with van der Waals surface area (Å²) in [4.78, 5) is 13.3. The molecule has 0 fully saturated rings. The van der Waals surface area contributed by atoms with E-state index in [9.17, 15) is 4.79 Å². The number of terminal acetylenes is 1. The summed E-state index contributed by atoms with van der Waals surface area (Å²) < 4.78 is 0. The van der Waals surface area contributed by atoms with Crippen LogP contribution in [-0.4, -0.2) is 17.7 Å². The number of fused-ring (bicyclic) bond motifs is 1. The van der Waals surface area contributed by atoms with Gasteiger partial charge in [0.2, 0.25) is 5.91 Å². The lowest BCUT2D eigenvalue weighted by Gasteiger charge is -2.15. The summed E-state index contributed by atoms with van der Waals surface area (Å²) >= 11 is 1.74. The predicted molar refractivity (Wildman–Crippen MR) is 71.0 cm³/mol. The van der Waals surface area contributed by atoms with Gasteiger partial charge in [-0.2, -0.15) is 0 Å². The molecule has 1 aliphatic rings. The summed E-state index contributed by atoms with van der Waals surface area (Å²) in [6, 6.07) is 8.14. The van der Waals surface area contributed by atoms with Gasteiger partial charge in [-0.15, -0.1) is 24.1 Å². The minimum absolute atomic E-state index is 0.0311. The molecule has 1 heterocycles. The van der Waals surface area contributed by atoms with E-state index in [1.165, 1.54) is 4.90 Å². The van der Waals surface area contributed by atoms with Gasteiger partial charge in [0.25, 0.3) is 0 Å². The molecule has 0 radical (unpaired) electrons. The van der Waals surface area contributed by atoms with Gasteiger partial charge in [-0.05, 0) is 18.6 Å². The normalized spacial score (nSPS) is 19.2. The molecule has 0 spiro atoms. The third-order valence-electron chi connectivity index (χ3n) is 2.83. The molecule has 0 aliphatic carbocycles. The summed E-state index contributed by atoms with van der Waals surface area (Å²) in [5.74, 6) is 3.45. The van der Waals surface area contributed by atoms with Gasteiger partial charge in [-0.3, -0.25) is 4.79 Å². The molecule has 3 heteroatoms. The number of hydrogen-bond donors (Lipinski definition) is 1. The molecule has 0 saturated heterocycles. The van der Waals surface area contributed by atoms with E-state index < -0.39 is 0 Å². The SMILES string of the molecule is C#CCC(C)NC(=O)C1CSc2ccccc21.